The van der Waals surface area contributed by atoms with Crippen LogP contribution in [0.15, 0.2) is 12.1 Å². The SMILES string of the molecule is CCC(CC)(CC(=O)Nc1c(F)cc(Cl)cc1F)C(=O)O. The third-order valence-electron chi connectivity index (χ3n) is 3.58. The molecule has 0 fully saturated rings. The molecule has 0 aromatic heterocycles. The predicted octanol–water partition coefficient (Wildman–Crippen LogP) is 3.84. The smallest absolute Gasteiger partial charge is 0.310 e. The van der Waals surface area contributed by atoms with Gasteiger partial charge in [-0.15, -0.1) is 0 Å². The number of carbonyl (C=O) groups excluding carboxylic acids is 1. The van der Waals surface area contributed by atoms with Crippen molar-refractivity contribution in [3.05, 3.63) is 28.8 Å². The molecule has 0 saturated carbocycles. The molecule has 0 heterocycles. The number of anilines is 1. The minimum atomic E-state index is -1.25. The first-order valence-electron chi connectivity index (χ1n) is 6.43. The number of amides is 1. The van der Waals surface area contributed by atoms with Crippen molar-refractivity contribution in [3.8, 4) is 0 Å². The van der Waals surface area contributed by atoms with Crippen LogP contribution >= 0.6 is 11.6 Å². The number of rotatable bonds is 6. The molecule has 0 bridgehead atoms. The lowest BCUT2D eigenvalue weighted by Gasteiger charge is -2.25. The molecular formula is C14H16ClF2NO3. The summed E-state index contributed by atoms with van der Waals surface area (Å²) in [7, 11) is 0. The first-order chi connectivity index (χ1) is 9.75. The second-order valence-corrected chi connectivity index (χ2v) is 5.20. The van der Waals surface area contributed by atoms with Crippen molar-refractivity contribution in [2.45, 2.75) is 33.1 Å². The highest BCUT2D eigenvalue weighted by Crippen LogP contribution is 2.32. The Bertz CT molecular complexity index is 536. The lowest BCUT2D eigenvalue weighted by atomic mass is 9.79. The van der Waals surface area contributed by atoms with E-state index in [9.17, 15) is 23.5 Å². The van der Waals surface area contributed by atoms with Gasteiger partial charge in [-0.2, -0.15) is 0 Å². The largest absolute Gasteiger partial charge is 0.481 e. The summed E-state index contributed by atoms with van der Waals surface area (Å²) in [6, 6.07) is 1.73. The van der Waals surface area contributed by atoms with E-state index in [1.165, 1.54) is 0 Å². The Balaban J connectivity index is 2.95. The Kier molecular flexibility index (Phi) is 5.66. The third kappa shape index (κ3) is 3.91. The molecule has 1 amide bonds. The highest BCUT2D eigenvalue weighted by Gasteiger charge is 2.37. The van der Waals surface area contributed by atoms with E-state index in [1.54, 1.807) is 13.8 Å². The van der Waals surface area contributed by atoms with Crippen LogP contribution in [0, 0.1) is 17.0 Å². The van der Waals surface area contributed by atoms with Gasteiger partial charge in [0.05, 0.1) is 5.41 Å². The summed E-state index contributed by atoms with van der Waals surface area (Å²) < 4.78 is 27.1. The zero-order valence-electron chi connectivity index (χ0n) is 11.7. The fourth-order valence-corrected chi connectivity index (χ4v) is 2.22. The molecule has 0 spiro atoms. The Morgan fingerprint density at radius 1 is 1.24 bits per heavy atom. The normalized spacial score (nSPS) is 11.3. The molecular weight excluding hydrogens is 304 g/mol. The zero-order valence-corrected chi connectivity index (χ0v) is 12.4. The van der Waals surface area contributed by atoms with Crippen molar-refractivity contribution in [3.63, 3.8) is 0 Å². The molecule has 1 aromatic rings. The van der Waals surface area contributed by atoms with Gasteiger partial charge >= 0.3 is 5.97 Å². The summed E-state index contributed by atoms with van der Waals surface area (Å²) in [5.74, 6) is -3.90. The molecule has 0 aliphatic rings. The minimum absolute atomic E-state index is 0.134. The van der Waals surface area contributed by atoms with Gasteiger partial charge in [0.25, 0.3) is 0 Å². The fraction of sp³-hybridized carbons (Fsp3) is 0.429. The van der Waals surface area contributed by atoms with Crippen LogP contribution in [0.2, 0.25) is 5.02 Å². The van der Waals surface area contributed by atoms with Gasteiger partial charge in [0, 0.05) is 11.4 Å². The highest BCUT2D eigenvalue weighted by molar-refractivity contribution is 6.30. The van der Waals surface area contributed by atoms with Gasteiger partial charge in [-0.05, 0) is 25.0 Å². The molecule has 7 heteroatoms. The van der Waals surface area contributed by atoms with Gasteiger partial charge in [-0.3, -0.25) is 9.59 Å². The maximum atomic E-state index is 13.6. The van der Waals surface area contributed by atoms with Crippen LogP contribution in [0.1, 0.15) is 33.1 Å². The highest BCUT2D eigenvalue weighted by atomic mass is 35.5. The number of aliphatic carboxylic acids is 1. The Hall–Kier alpha value is -1.69. The van der Waals surface area contributed by atoms with Gasteiger partial charge in [0.1, 0.15) is 5.69 Å². The van der Waals surface area contributed by atoms with Gasteiger partial charge in [0.15, 0.2) is 11.6 Å². The van der Waals surface area contributed by atoms with Gasteiger partial charge in [0.2, 0.25) is 5.91 Å². The summed E-state index contributed by atoms with van der Waals surface area (Å²) in [5.41, 5.74) is -1.88. The first-order valence-corrected chi connectivity index (χ1v) is 6.81. The van der Waals surface area contributed by atoms with Crippen LogP contribution in [-0.2, 0) is 9.59 Å². The van der Waals surface area contributed by atoms with Crippen LogP contribution in [-0.4, -0.2) is 17.0 Å². The summed E-state index contributed by atoms with van der Waals surface area (Å²) in [4.78, 5) is 23.2. The molecule has 2 N–H and O–H groups in total. The second kappa shape index (κ2) is 6.85. The van der Waals surface area contributed by atoms with E-state index in [1.807, 2.05) is 0 Å². The summed E-state index contributed by atoms with van der Waals surface area (Å²) in [5, 5.41) is 11.2. The molecule has 0 saturated heterocycles. The average Bonchev–Trinajstić information content (AvgIpc) is 2.40. The molecule has 21 heavy (non-hydrogen) atoms. The van der Waals surface area contributed by atoms with Gasteiger partial charge < -0.3 is 10.4 Å². The Labute approximate surface area is 126 Å². The quantitative estimate of drug-likeness (QED) is 0.837. The van der Waals surface area contributed by atoms with Crippen molar-refractivity contribution in [2.75, 3.05) is 5.32 Å². The van der Waals surface area contributed by atoms with Crippen LogP contribution < -0.4 is 5.32 Å². The molecule has 0 radical (unpaired) electrons. The van der Waals surface area contributed by atoms with Crippen molar-refractivity contribution < 1.29 is 23.5 Å². The molecule has 1 aromatic carbocycles. The van der Waals surface area contributed by atoms with E-state index in [0.29, 0.717) is 0 Å². The molecule has 0 aliphatic heterocycles. The second-order valence-electron chi connectivity index (χ2n) is 4.76. The number of hydrogen-bond acceptors (Lipinski definition) is 2. The van der Waals surface area contributed by atoms with Gasteiger partial charge in [-0.1, -0.05) is 25.4 Å². The van der Waals surface area contributed by atoms with E-state index in [2.05, 4.69) is 5.32 Å². The minimum Gasteiger partial charge on any atom is -0.481 e. The molecule has 1 rings (SSSR count). The van der Waals surface area contributed by atoms with Gasteiger partial charge in [-0.25, -0.2) is 8.78 Å². The van der Waals surface area contributed by atoms with E-state index in [-0.39, 0.29) is 24.3 Å². The van der Waals surface area contributed by atoms with Crippen LogP contribution in [0.4, 0.5) is 14.5 Å². The van der Waals surface area contributed by atoms with Crippen molar-refractivity contribution >= 4 is 29.2 Å². The van der Waals surface area contributed by atoms with Crippen molar-refractivity contribution in [1.82, 2.24) is 0 Å². The molecule has 0 aliphatic carbocycles. The lowest BCUT2D eigenvalue weighted by molar-refractivity contribution is -0.151. The Morgan fingerprint density at radius 3 is 2.10 bits per heavy atom. The number of halogens is 3. The standard InChI is InChI=1S/C14H16ClF2NO3/c1-3-14(4-2,13(20)21)7-11(19)18-12-9(16)5-8(15)6-10(12)17/h5-6H,3-4,7H2,1-2H3,(H,18,19)(H,20,21). The topological polar surface area (TPSA) is 66.4 Å². The van der Waals surface area contributed by atoms with Crippen molar-refractivity contribution in [1.29, 1.82) is 0 Å². The number of hydrogen-bond donors (Lipinski definition) is 2. The predicted molar refractivity (Wildman–Crippen MR) is 75.3 cm³/mol. The fourth-order valence-electron chi connectivity index (χ4n) is 2.03. The van der Waals surface area contributed by atoms with E-state index >= 15 is 0 Å². The molecule has 116 valence electrons. The Morgan fingerprint density at radius 2 is 1.71 bits per heavy atom. The maximum absolute atomic E-state index is 13.6. The summed E-state index contributed by atoms with van der Waals surface area (Å²) in [6.07, 6.45) is 0.104. The van der Waals surface area contributed by atoms with Crippen molar-refractivity contribution in [2.24, 2.45) is 5.41 Å². The zero-order chi connectivity index (χ0) is 16.2. The van der Waals surface area contributed by atoms with Crippen LogP contribution in [0.5, 0.6) is 0 Å². The molecule has 4 nitrogen and oxygen atoms in total. The molecule has 0 atom stereocenters. The number of carboxylic acids is 1. The lowest BCUT2D eigenvalue weighted by Crippen LogP contribution is -2.34. The number of nitrogens with one attached hydrogen (secondary N) is 1. The van der Waals surface area contributed by atoms with E-state index < -0.39 is 34.6 Å². The van der Waals surface area contributed by atoms with Crippen LogP contribution in [0.3, 0.4) is 0 Å². The van der Waals surface area contributed by atoms with Crippen LogP contribution in [0.25, 0.3) is 0 Å². The van der Waals surface area contributed by atoms with E-state index in [4.69, 9.17) is 11.6 Å². The number of carbonyl (C=O) groups is 2. The summed E-state index contributed by atoms with van der Waals surface area (Å²) >= 11 is 5.48. The third-order valence-corrected chi connectivity index (χ3v) is 3.80. The molecule has 0 unspecified atom stereocenters. The maximum Gasteiger partial charge on any atom is 0.310 e. The number of benzene rings is 1. The average molecular weight is 320 g/mol. The first kappa shape index (κ1) is 17.4. The number of carboxylic acid groups (broad SMARTS) is 1. The summed E-state index contributed by atoms with van der Waals surface area (Å²) in [6.45, 7) is 3.29. The van der Waals surface area contributed by atoms with E-state index in [0.717, 1.165) is 12.1 Å². The monoisotopic (exact) mass is 319 g/mol.